The molecule has 1 saturated heterocycles. The van der Waals surface area contributed by atoms with E-state index in [1.165, 1.54) is 25.8 Å². The first-order chi connectivity index (χ1) is 9.65. The average molecular weight is 282 g/mol. The molecule has 2 aliphatic rings. The van der Waals surface area contributed by atoms with Gasteiger partial charge >= 0.3 is 0 Å². The molecule has 118 valence electrons. The lowest BCUT2D eigenvalue weighted by Gasteiger charge is -2.45. The highest BCUT2D eigenvalue weighted by Gasteiger charge is 2.36. The topological polar surface area (TPSA) is 24.5 Å². The van der Waals surface area contributed by atoms with Crippen LogP contribution in [0.4, 0.5) is 0 Å². The quantitative estimate of drug-likeness (QED) is 0.839. The minimum Gasteiger partial charge on any atom is -0.378 e. The van der Waals surface area contributed by atoms with Crippen molar-refractivity contribution in [3.8, 4) is 0 Å². The maximum Gasteiger partial charge on any atom is 0.0622 e. The summed E-state index contributed by atoms with van der Waals surface area (Å²) in [6, 6.07) is 1.34. The van der Waals surface area contributed by atoms with Gasteiger partial charge in [-0.25, -0.2) is 0 Å². The first-order valence-electron chi connectivity index (χ1n) is 8.70. The van der Waals surface area contributed by atoms with E-state index in [1.807, 2.05) is 0 Å². The van der Waals surface area contributed by atoms with E-state index in [9.17, 15) is 0 Å². The summed E-state index contributed by atoms with van der Waals surface area (Å²) in [6.07, 6.45) is 3.96. The predicted octanol–water partition coefficient (Wildman–Crippen LogP) is 2.76. The van der Waals surface area contributed by atoms with Gasteiger partial charge in [-0.15, -0.1) is 0 Å². The Morgan fingerprint density at radius 1 is 1.20 bits per heavy atom. The highest BCUT2D eigenvalue weighted by molar-refractivity contribution is 4.90. The fourth-order valence-electron chi connectivity index (χ4n) is 4.29. The first kappa shape index (κ1) is 16.3. The molecule has 2 fully saturated rings. The van der Waals surface area contributed by atoms with E-state index in [-0.39, 0.29) is 0 Å². The standard InChI is InChI=1S/C17H34N2O/c1-5-15-12-20-8-7-19(15)11-16-14(4)9-13(3)10-17(16)18-6-2/h13-18H,5-12H2,1-4H3. The van der Waals surface area contributed by atoms with Gasteiger partial charge in [0.1, 0.15) is 0 Å². The number of nitrogens with zero attached hydrogens (tertiary/aromatic N) is 1. The van der Waals surface area contributed by atoms with Crippen LogP contribution in [-0.4, -0.2) is 49.8 Å². The molecule has 0 aromatic heterocycles. The Hall–Kier alpha value is -0.120. The van der Waals surface area contributed by atoms with Crippen molar-refractivity contribution in [2.24, 2.45) is 17.8 Å². The first-order valence-corrected chi connectivity index (χ1v) is 8.70. The largest absolute Gasteiger partial charge is 0.378 e. The third kappa shape index (κ3) is 3.96. The fourth-order valence-corrected chi connectivity index (χ4v) is 4.29. The van der Waals surface area contributed by atoms with Gasteiger partial charge in [-0.05, 0) is 43.6 Å². The van der Waals surface area contributed by atoms with Crippen LogP contribution in [0.25, 0.3) is 0 Å². The van der Waals surface area contributed by atoms with Crippen LogP contribution in [0.15, 0.2) is 0 Å². The highest BCUT2D eigenvalue weighted by Crippen LogP contribution is 2.35. The molecule has 1 heterocycles. The van der Waals surface area contributed by atoms with Crippen LogP contribution in [0.2, 0.25) is 0 Å². The van der Waals surface area contributed by atoms with Crippen molar-refractivity contribution in [1.82, 2.24) is 10.2 Å². The predicted molar refractivity (Wildman–Crippen MR) is 85.0 cm³/mol. The summed E-state index contributed by atoms with van der Waals surface area (Å²) in [7, 11) is 0. The number of ether oxygens (including phenoxy) is 1. The van der Waals surface area contributed by atoms with Gasteiger partial charge in [0, 0.05) is 25.2 Å². The molecular weight excluding hydrogens is 248 g/mol. The Morgan fingerprint density at radius 3 is 2.70 bits per heavy atom. The van der Waals surface area contributed by atoms with Crippen molar-refractivity contribution in [3.05, 3.63) is 0 Å². The van der Waals surface area contributed by atoms with Crippen LogP contribution in [0.5, 0.6) is 0 Å². The molecular formula is C17H34N2O. The average Bonchev–Trinajstić information content (AvgIpc) is 2.43. The summed E-state index contributed by atoms with van der Waals surface area (Å²) < 4.78 is 5.65. The third-order valence-electron chi connectivity index (χ3n) is 5.41. The third-order valence-corrected chi connectivity index (χ3v) is 5.41. The van der Waals surface area contributed by atoms with Gasteiger partial charge in [-0.2, -0.15) is 0 Å². The summed E-state index contributed by atoms with van der Waals surface area (Å²) >= 11 is 0. The normalized spacial score (nSPS) is 39.9. The number of morpholine rings is 1. The van der Waals surface area contributed by atoms with Crippen LogP contribution in [-0.2, 0) is 4.74 Å². The fraction of sp³-hybridized carbons (Fsp3) is 1.00. The van der Waals surface area contributed by atoms with Gasteiger partial charge < -0.3 is 10.1 Å². The Bertz CT molecular complexity index is 284. The van der Waals surface area contributed by atoms with Gasteiger partial charge in [0.05, 0.1) is 13.2 Å². The van der Waals surface area contributed by atoms with Crippen LogP contribution < -0.4 is 5.32 Å². The van der Waals surface area contributed by atoms with E-state index in [2.05, 4.69) is 37.9 Å². The monoisotopic (exact) mass is 282 g/mol. The van der Waals surface area contributed by atoms with E-state index >= 15 is 0 Å². The van der Waals surface area contributed by atoms with Gasteiger partial charge in [-0.1, -0.05) is 27.7 Å². The summed E-state index contributed by atoms with van der Waals surface area (Å²) in [4.78, 5) is 2.70. The van der Waals surface area contributed by atoms with E-state index in [4.69, 9.17) is 4.74 Å². The molecule has 1 aliphatic heterocycles. The highest BCUT2D eigenvalue weighted by atomic mass is 16.5. The Labute approximate surface area is 125 Å². The SMILES string of the molecule is CCNC1CC(C)CC(C)C1CN1CCOCC1CC. The second-order valence-electron chi connectivity index (χ2n) is 7.01. The van der Waals surface area contributed by atoms with Crippen LogP contribution in [0.3, 0.4) is 0 Å². The van der Waals surface area contributed by atoms with Crippen molar-refractivity contribution >= 4 is 0 Å². The minimum atomic E-state index is 0.637. The number of nitrogens with one attached hydrogen (secondary N) is 1. The maximum absolute atomic E-state index is 5.65. The van der Waals surface area contributed by atoms with Crippen LogP contribution >= 0.6 is 0 Å². The molecule has 3 heteroatoms. The summed E-state index contributed by atoms with van der Waals surface area (Å²) in [5.41, 5.74) is 0. The van der Waals surface area contributed by atoms with Crippen molar-refractivity contribution in [1.29, 1.82) is 0 Å². The number of rotatable bonds is 5. The molecule has 20 heavy (non-hydrogen) atoms. The molecule has 0 spiro atoms. The van der Waals surface area contributed by atoms with Gasteiger partial charge in [-0.3, -0.25) is 4.90 Å². The Morgan fingerprint density at radius 2 is 2.00 bits per heavy atom. The van der Waals surface area contributed by atoms with Crippen molar-refractivity contribution < 1.29 is 4.74 Å². The zero-order valence-electron chi connectivity index (χ0n) is 13.9. The molecule has 0 bridgehead atoms. The molecule has 2 rings (SSSR count). The van der Waals surface area contributed by atoms with Crippen molar-refractivity contribution in [3.63, 3.8) is 0 Å². The smallest absolute Gasteiger partial charge is 0.0622 e. The summed E-state index contributed by atoms with van der Waals surface area (Å²) in [5, 5.41) is 3.76. The molecule has 0 amide bonds. The molecule has 1 N–H and O–H groups in total. The van der Waals surface area contributed by atoms with E-state index in [0.29, 0.717) is 12.1 Å². The zero-order chi connectivity index (χ0) is 14.5. The summed E-state index contributed by atoms with van der Waals surface area (Å²) in [5.74, 6) is 2.51. The second kappa shape index (κ2) is 7.77. The van der Waals surface area contributed by atoms with Crippen molar-refractivity contribution in [2.75, 3.05) is 32.8 Å². The second-order valence-corrected chi connectivity index (χ2v) is 7.01. The Kier molecular flexibility index (Phi) is 6.31. The number of hydrogen-bond donors (Lipinski definition) is 1. The molecule has 0 radical (unpaired) electrons. The Balaban J connectivity index is 1.99. The molecule has 0 aromatic carbocycles. The molecule has 1 aliphatic carbocycles. The lowest BCUT2D eigenvalue weighted by Crippen LogP contribution is -2.53. The lowest BCUT2D eigenvalue weighted by molar-refractivity contribution is -0.0275. The van der Waals surface area contributed by atoms with Gasteiger partial charge in [0.15, 0.2) is 0 Å². The van der Waals surface area contributed by atoms with E-state index < -0.39 is 0 Å². The van der Waals surface area contributed by atoms with E-state index in [0.717, 1.165) is 44.1 Å². The molecule has 3 nitrogen and oxygen atoms in total. The zero-order valence-corrected chi connectivity index (χ0v) is 13.9. The molecule has 5 unspecified atom stereocenters. The van der Waals surface area contributed by atoms with E-state index in [1.54, 1.807) is 0 Å². The van der Waals surface area contributed by atoms with Crippen molar-refractivity contribution in [2.45, 2.75) is 59.0 Å². The molecule has 1 saturated carbocycles. The lowest BCUT2D eigenvalue weighted by atomic mass is 9.72. The van der Waals surface area contributed by atoms with Crippen LogP contribution in [0.1, 0.15) is 47.0 Å². The molecule has 0 aromatic rings. The number of hydrogen-bond acceptors (Lipinski definition) is 3. The molecule has 5 atom stereocenters. The van der Waals surface area contributed by atoms with Gasteiger partial charge in [0.25, 0.3) is 0 Å². The maximum atomic E-state index is 5.65. The van der Waals surface area contributed by atoms with Crippen LogP contribution in [0, 0.1) is 17.8 Å². The minimum absolute atomic E-state index is 0.637. The van der Waals surface area contributed by atoms with Gasteiger partial charge in [0.2, 0.25) is 0 Å². The summed E-state index contributed by atoms with van der Waals surface area (Å²) in [6.45, 7) is 14.7.